The van der Waals surface area contributed by atoms with Crippen LogP contribution in [0.15, 0.2) is 88.8 Å². The topological polar surface area (TPSA) is 45.1 Å². The Morgan fingerprint density at radius 2 is 1.59 bits per heavy atom. The van der Waals surface area contributed by atoms with Crippen LogP contribution in [0.2, 0.25) is 0 Å². The van der Waals surface area contributed by atoms with Crippen molar-refractivity contribution in [3.8, 4) is 5.75 Å². The number of rotatable bonds is 5. The molecule has 0 aliphatic carbocycles. The summed E-state index contributed by atoms with van der Waals surface area (Å²) in [5.74, 6) is 0.369. The Morgan fingerprint density at radius 3 is 2.35 bits per heavy atom. The third-order valence-electron chi connectivity index (χ3n) is 6.14. The number of alkyl halides is 3. The number of amides is 1. The second-order valence-corrected chi connectivity index (χ2v) is 9.65. The van der Waals surface area contributed by atoms with Gasteiger partial charge in [0, 0.05) is 37.4 Å². The van der Waals surface area contributed by atoms with Gasteiger partial charge in [0.25, 0.3) is 5.91 Å². The van der Waals surface area contributed by atoms with Gasteiger partial charge in [0.05, 0.1) is 10.5 Å². The third-order valence-corrected chi connectivity index (χ3v) is 7.19. The van der Waals surface area contributed by atoms with Crippen LogP contribution in [0.4, 0.5) is 18.9 Å². The summed E-state index contributed by atoms with van der Waals surface area (Å²) < 4.78 is 45.3. The molecule has 9 heteroatoms. The monoisotopic (exact) mass is 523 g/mol. The summed E-state index contributed by atoms with van der Waals surface area (Å²) in [4.78, 5) is 21.4. The lowest BCUT2D eigenvalue weighted by atomic mass is 10.1. The molecule has 0 bridgehead atoms. The van der Waals surface area contributed by atoms with E-state index in [0.29, 0.717) is 54.3 Å². The predicted octanol–water partition coefficient (Wildman–Crippen LogP) is 6.08. The van der Waals surface area contributed by atoms with Gasteiger partial charge >= 0.3 is 6.18 Å². The number of hydrogen-bond donors (Lipinski definition) is 0. The van der Waals surface area contributed by atoms with Crippen LogP contribution in [0.3, 0.4) is 0 Å². The van der Waals surface area contributed by atoms with Gasteiger partial charge in [-0.25, -0.2) is 0 Å². The van der Waals surface area contributed by atoms with Crippen LogP contribution in [-0.2, 0) is 17.6 Å². The van der Waals surface area contributed by atoms with E-state index in [9.17, 15) is 18.0 Å². The largest absolute Gasteiger partial charge is 0.488 e. The highest BCUT2D eigenvalue weighted by Gasteiger charge is 2.32. The molecule has 0 atom stereocenters. The van der Waals surface area contributed by atoms with Crippen molar-refractivity contribution in [1.82, 2.24) is 4.90 Å². The van der Waals surface area contributed by atoms with E-state index in [1.807, 2.05) is 64.4 Å². The maximum absolute atomic E-state index is 13.1. The minimum absolute atomic E-state index is 0.307. The van der Waals surface area contributed by atoms with E-state index < -0.39 is 11.7 Å². The molecule has 3 aromatic rings. The third kappa shape index (κ3) is 5.99. The Bertz CT molecular complexity index is 1330. The van der Waals surface area contributed by atoms with Crippen LogP contribution in [0, 0.1) is 0 Å². The molecular formula is C28H24F3N3O2S. The zero-order chi connectivity index (χ0) is 25.8. The number of para-hydroxylation sites is 1. The number of aliphatic imine (C=N–C) groups is 1. The van der Waals surface area contributed by atoms with Crippen LogP contribution < -0.4 is 9.64 Å². The van der Waals surface area contributed by atoms with Crippen LogP contribution in [0.5, 0.6) is 5.75 Å². The highest BCUT2D eigenvalue weighted by atomic mass is 32.2. The van der Waals surface area contributed by atoms with Gasteiger partial charge < -0.3 is 14.5 Å². The number of benzene rings is 3. The first-order valence-corrected chi connectivity index (χ1v) is 12.6. The normalized spacial score (nSPS) is 17.3. The van der Waals surface area contributed by atoms with E-state index in [2.05, 4.69) is 4.99 Å². The number of amidine groups is 1. The van der Waals surface area contributed by atoms with Gasteiger partial charge in [0.2, 0.25) is 0 Å². The van der Waals surface area contributed by atoms with Gasteiger partial charge in [0.15, 0.2) is 5.17 Å². The molecule has 1 amide bonds. The SMILES string of the molecule is O=C1N=C(N2CCN(c3cccc(C(F)(F)F)c3)CC2)S/C1=C\c1ccccc1OCc1ccccc1. The molecule has 190 valence electrons. The number of anilines is 1. The predicted molar refractivity (Wildman–Crippen MR) is 140 cm³/mol. The fourth-order valence-electron chi connectivity index (χ4n) is 4.18. The van der Waals surface area contributed by atoms with Gasteiger partial charge in [-0.1, -0.05) is 54.6 Å². The Morgan fingerprint density at radius 1 is 0.892 bits per heavy atom. The zero-order valence-corrected chi connectivity index (χ0v) is 20.6. The molecule has 0 unspecified atom stereocenters. The first kappa shape index (κ1) is 25.0. The maximum Gasteiger partial charge on any atom is 0.416 e. The minimum Gasteiger partial charge on any atom is -0.488 e. The summed E-state index contributed by atoms with van der Waals surface area (Å²) >= 11 is 1.31. The van der Waals surface area contributed by atoms with E-state index in [-0.39, 0.29) is 5.91 Å². The summed E-state index contributed by atoms with van der Waals surface area (Å²) in [5.41, 5.74) is 1.72. The van der Waals surface area contributed by atoms with Crippen molar-refractivity contribution in [2.45, 2.75) is 12.8 Å². The Hall–Kier alpha value is -3.72. The number of carbonyl (C=O) groups excluding carboxylic acids is 1. The number of thioether (sulfide) groups is 1. The number of halogens is 3. The maximum atomic E-state index is 13.1. The molecule has 1 saturated heterocycles. The lowest BCUT2D eigenvalue weighted by molar-refractivity contribution is -0.137. The molecule has 2 aliphatic rings. The quantitative estimate of drug-likeness (QED) is 0.380. The van der Waals surface area contributed by atoms with E-state index in [0.717, 1.165) is 17.2 Å². The molecule has 5 rings (SSSR count). The van der Waals surface area contributed by atoms with Gasteiger partial charge in [-0.2, -0.15) is 18.2 Å². The highest BCUT2D eigenvalue weighted by molar-refractivity contribution is 8.18. The highest BCUT2D eigenvalue weighted by Crippen LogP contribution is 2.34. The first-order valence-electron chi connectivity index (χ1n) is 11.8. The van der Waals surface area contributed by atoms with Crippen molar-refractivity contribution in [3.63, 3.8) is 0 Å². The number of hydrogen-bond acceptors (Lipinski definition) is 5. The van der Waals surface area contributed by atoms with Crippen molar-refractivity contribution < 1.29 is 22.7 Å². The van der Waals surface area contributed by atoms with Crippen LogP contribution in [-0.4, -0.2) is 42.2 Å². The van der Waals surface area contributed by atoms with Gasteiger partial charge in [-0.3, -0.25) is 4.79 Å². The molecule has 37 heavy (non-hydrogen) atoms. The molecule has 0 saturated carbocycles. The number of carbonyl (C=O) groups is 1. The van der Waals surface area contributed by atoms with Crippen LogP contribution in [0.1, 0.15) is 16.7 Å². The number of nitrogens with zero attached hydrogens (tertiary/aromatic N) is 3. The summed E-state index contributed by atoms with van der Waals surface area (Å²) in [6.45, 7) is 2.59. The molecule has 2 aliphatic heterocycles. The van der Waals surface area contributed by atoms with Crippen molar-refractivity contribution in [1.29, 1.82) is 0 Å². The molecule has 3 aromatic carbocycles. The molecule has 1 fully saturated rings. The molecular weight excluding hydrogens is 499 g/mol. The average molecular weight is 524 g/mol. The van der Waals surface area contributed by atoms with Crippen molar-refractivity contribution >= 4 is 34.6 Å². The fourth-order valence-corrected chi connectivity index (χ4v) is 5.13. The van der Waals surface area contributed by atoms with Crippen molar-refractivity contribution in [2.75, 3.05) is 31.1 Å². The Labute approximate surface area is 217 Å². The first-order chi connectivity index (χ1) is 17.9. The van der Waals surface area contributed by atoms with Crippen molar-refractivity contribution in [3.05, 3.63) is 100 Å². The van der Waals surface area contributed by atoms with Gasteiger partial charge in [-0.15, -0.1) is 0 Å². The minimum atomic E-state index is -4.37. The zero-order valence-electron chi connectivity index (χ0n) is 19.8. The van der Waals surface area contributed by atoms with E-state index in [4.69, 9.17) is 4.74 Å². The van der Waals surface area contributed by atoms with E-state index >= 15 is 0 Å². The Balaban J connectivity index is 1.22. The molecule has 0 N–H and O–H groups in total. The van der Waals surface area contributed by atoms with Crippen molar-refractivity contribution in [2.24, 2.45) is 4.99 Å². The van der Waals surface area contributed by atoms with E-state index in [1.54, 1.807) is 12.1 Å². The lowest BCUT2D eigenvalue weighted by Gasteiger charge is -2.36. The number of ether oxygens (including phenoxy) is 1. The second-order valence-electron chi connectivity index (χ2n) is 8.64. The lowest BCUT2D eigenvalue weighted by Crippen LogP contribution is -2.47. The summed E-state index contributed by atoms with van der Waals surface area (Å²) in [6.07, 6.45) is -2.58. The number of piperazine rings is 1. The standard InChI is InChI=1S/C28H24F3N3O2S/c29-28(30,31)22-10-6-11-23(18-22)33-13-15-34(16-14-33)27-32-26(35)25(37-27)17-21-9-4-5-12-24(21)36-19-20-7-2-1-3-8-20/h1-12,17-18H,13-16,19H2/b25-17-. The van der Waals surface area contributed by atoms with Crippen LogP contribution in [0.25, 0.3) is 6.08 Å². The molecule has 2 heterocycles. The van der Waals surface area contributed by atoms with Gasteiger partial charge in [-0.05, 0) is 47.7 Å². The second kappa shape index (κ2) is 10.7. The molecule has 0 spiro atoms. The summed E-state index contributed by atoms with van der Waals surface area (Å²) in [5, 5.41) is 0.614. The summed E-state index contributed by atoms with van der Waals surface area (Å²) in [7, 11) is 0. The average Bonchev–Trinajstić information content (AvgIpc) is 3.28. The fraction of sp³-hybridized carbons (Fsp3) is 0.214. The van der Waals surface area contributed by atoms with Gasteiger partial charge in [0.1, 0.15) is 12.4 Å². The van der Waals surface area contributed by atoms with E-state index in [1.165, 1.54) is 23.9 Å². The molecule has 5 nitrogen and oxygen atoms in total. The molecule has 0 radical (unpaired) electrons. The van der Waals surface area contributed by atoms with Crippen LogP contribution >= 0.6 is 11.8 Å². The smallest absolute Gasteiger partial charge is 0.416 e. The Kier molecular flexibility index (Phi) is 7.23. The molecule has 0 aromatic heterocycles. The summed E-state index contributed by atoms with van der Waals surface area (Å²) in [6, 6.07) is 22.8.